The summed E-state index contributed by atoms with van der Waals surface area (Å²) >= 11 is 0. The zero-order valence-electron chi connectivity index (χ0n) is 18.9. The fraction of sp³-hybridized carbons (Fsp3) is 0.708. The molecular weight excluding hydrogens is 503 g/mol. The van der Waals surface area contributed by atoms with Crippen molar-refractivity contribution in [1.29, 1.82) is 0 Å². The van der Waals surface area contributed by atoms with Crippen LogP contribution in [0.3, 0.4) is 0 Å². The number of rotatable bonds is 6. The van der Waals surface area contributed by atoms with Crippen molar-refractivity contribution in [2.24, 2.45) is 10.9 Å². The van der Waals surface area contributed by atoms with Gasteiger partial charge in [0.2, 0.25) is 0 Å². The minimum Gasteiger partial charge on any atom is -0.376 e. The van der Waals surface area contributed by atoms with Crippen molar-refractivity contribution < 1.29 is 9.47 Å². The lowest BCUT2D eigenvalue weighted by atomic mass is 10.1. The summed E-state index contributed by atoms with van der Waals surface area (Å²) < 4.78 is 12.0. The van der Waals surface area contributed by atoms with Crippen LogP contribution in [0.5, 0.6) is 0 Å². The Hall–Kier alpha value is -1.06. The van der Waals surface area contributed by atoms with E-state index in [9.17, 15) is 0 Å². The van der Waals surface area contributed by atoms with E-state index in [0.717, 1.165) is 71.2 Å². The molecule has 0 aliphatic carbocycles. The lowest BCUT2D eigenvalue weighted by molar-refractivity contribution is -0.0721. The molecule has 0 radical (unpaired) electrons. The van der Waals surface area contributed by atoms with Crippen LogP contribution in [-0.2, 0) is 9.47 Å². The Bertz CT molecular complexity index is 661. The minimum atomic E-state index is 0. The Morgan fingerprint density at radius 3 is 2.61 bits per heavy atom. The highest BCUT2D eigenvalue weighted by Gasteiger charge is 2.26. The van der Waals surface area contributed by atoms with Crippen LogP contribution < -0.4 is 10.2 Å². The largest absolute Gasteiger partial charge is 0.376 e. The number of hydrogen-bond donors (Lipinski definition) is 1. The molecule has 0 bridgehead atoms. The van der Waals surface area contributed by atoms with Gasteiger partial charge < -0.3 is 24.6 Å². The van der Waals surface area contributed by atoms with Gasteiger partial charge in [0.15, 0.2) is 5.96 Å². The highest BCUT2D eigenvalue weighted by molar-refractivity contribution is 14.0. The first-order valence-corrected chi connectivity index (χ1v) is 11.8. The van der Waals surface area contributed by atoms with Crippen molar-refractivity contribution in [2.45, 2.75) is 50.7 Å². The van der Waals surface area contributed by atoms with Crippen LogP contribution in [0.4, 0.5) is 5.69 Å². The summed E-state index contributed by atoms with van der Waals surface area (Å²) in [6.07, 6.45) is 7.67. The molecule has 0 saturated carbocycles. The van der Waals surface area contributed by atoms with Crippen LogP contribution in [0.25, 0.3) is 0 Å². The lowest BCUT2D eigenvalue weighted by Gasteiger charge is -2.35. The average molecular weight is 543 g/mol. The Kier molecular flexibility index (Phi) is 10.2. The molecule has 3 fully saturated rings. The van der Waals surface area contributed by atoms with Gasteiger partial charge >= 0.3 is 0 Å². The molecule has 1 N–H and O–H groups in total. The number of hydrogen-bond acceptors (Lipinski definition) is 4. The average Bonchev–Trinajstić information content (AvgIpc) is 3.29. The summed E-state index contributed by atoms with van der Waals surface area (Å²) in [6.45, 7) is 6.93. The van der Waals surface area contributed by atoms with Gasteiger partial charge in [-0.25, -0.2) is 0 Å². The second-order valence-electron chi connectivity index (χ2n) is 8.87. The first kappa shape index (κ1) is 24.6. The van der Waals surface area contributed by atoms with Gasteiger partial charge in [-0.05, 0) is 56.6 Å². The third-order valence-corrected chi connectivity index (χ3v) is 6.70. The monoisotopic (exact) mass is 542 g/mol. The van der Waals surface area contributed by atoms with E-state index in [1.807, 2.05) is 7.05 Å². The molecule has 7 heteroatoms. The van der Waals surface area contributed by atoms with E-state index >= 15 is 0 Å². The molecule has 0 amide bonds. The van der Waals surface area contributed by atoms with E-state index in [-0.39, 0.29) is 24.0 Å². The molecule has 1 aromatic rings. The van der Waals surface area contributed by atoms with Gasteiger partial charge in [-0.1, -0.05) is 18.2 Å². The van der Waals surface area contributed by atoms with E-state index in [4.69, 9.17) is 9.47 Å². The maximum atomic E-state index is 6.16. The van der Waals surface area contributed by atoms with Crippen molar-refractivity contribution in [3.8, 4) is 0 Å². The van der Waals surface area contributed by atoms with Crippen molar-refractivity contribution in [3.63, 3.8) is 0 Å². The van der Waals surface area contributed by atoms with Gasteiger partial charge in [0.05, 0.1) is 18.8 Å². The van der Waals surface area contributed by atoms with Crippen LogP contribution in [0.2, 0.25) is 0 Å². The maximum absolute atomic E-state index is 6.16. The molecule has 1 aromatic carbocycles. The number of likely N-dealkylation sites (tertiary alicyclic amines) is 1. The number of guanidine groups is 1. The molecular formula is C24H39IN4O2. The van der Waals surface area contributed by atoms with Gasteiger partial charge in [-0.3, -0.25) is 4.99 Å². The van der Waals surface area contributed by atoms with Crippen LogP contribution in [0, 0.1) is 5.92 Å². The van der Waals surface area contributed by atoms with E-state index in [1.165, 1.54) is 24.9 Å². The molecule has 31 heavy (non-hydrogen) atoms. The molecule has 6 nitrogen and oxygen atoms in total. The van der Waals surface area contributed by atoms with Gasteiger partial charge in [-0.15, -0.1) is 24.0 Å². The first-order valence-electron chi connectivity index (χ1n) is 11.8. The van der Waals surface area contributed by atoms with Gasteiger partial charge in [0, 0.05) is 52.1 Å². The topological polar surface area (TPSA) is 49.3 Å². The maximum Gasteiger partial charge on any atom is 0.193 e. The number of nitrogens with zero attached hydrogens (tertiary/aromatic N) is 3. The highest BCUT2D eigenvalue weighted by atomic mass is 127. The molecule has 3 aliphatic heterocycles. The zero-order valence-corrected chi connectivity index (χ0v) is 21.2. The summed E-state index contributed by atoms with van der Waals surface area (Å²) in [5.74, 6) is 1.71. The van der Waals surface area contributed by atoms with Crippen molar-refractivity contribution in [2.75, 3.05) is 57.9 Å². The fourth-order valence-electron chi connectivity index (χ4n) is 4.86. The summed E-state index contributed by atoms with van der Waals surface area (Å²) in [4.78, 5) is 9.44. The second kappa shape index (κ2) is 12.8. The van der Waals surface area contributed by atoms with Gasteiger partial charge in [-0.2, -0.15) is 0 Å². The minimum absolute atomic E-state index is 0. The normalized spacial score (nSPS) is 25.4. The number of piperidine rings is 1. The van der Waals surface area contributed by atoms with E-state index in [0.29, 0.717) is 18.1 Å². The highest BCUT2D eigenvalue weighted by Crippen LogP contribution is 2.23. The van der Waals surface area contributed by atoms with Crippen molar-refractivity contribution in [1.82, 2.24) is 10.2 Å². The van der Waals surface area contributed by atoms with E-state index in [2.05, 4.69) is 50.4 Å². The van der Waals surface area contributed by atoms with E-state index in [1.54, 1.807) is 0 Å². The van der Waals surface area contributed by atoms with E-state index < -0.39 is 0 Å². The van der Waals surface area contributed by atoms with Crippen LogP contribution >= 0.6 is 24.0 Å². The zero-order chi connectivity index (χ0) is 20.6. The summed E-state index contributed by atoms with van der Waals surface area (Å²) in [6, 6.07) is 10.7. The number of para-hydroxylation sites is 1. The smallest absolute Gasteiger partial charge is 0.193 e. The van der Waals surface area contributed by atoms with Crippen LogP contribution in [0.1, 0.15) is 38.5 Å². The molecule has 0 spiro atoms. The molecule has 4 rings (SSSR count). The number of ether oxygens (including phenoxy) is 2. The van der Waals surface area contributed by atoms with Crippen molar-refractivity contribution in [3.05, 3.63) is 30.3 Å². The predicted molar refractivity (Wildman–Crippen MR) is 138 cm³/mol. The summed E-state index contributed by atoms with van der Waals surface area (Å²) in [7, 11) is 1.90. The Labute approximate surface area is 204 Å². The van der Waals surface area contributed by atoms with Crippen LogP contribution in [0.15, 0.2) is 35.3 Å². The molecule has 3 aliphatic rings. The number of nitrogens with one attached hydrogen (secondary N) is 1. The lowest BCUT2D eigenvalue weighted by Crippen LogP contribution is -2.48. The third-order valence-electron chi connectivity index (χ3n) is 6.70. The number of anilines is 1. The molecule has 3 saturated heterocycles. The number of halogens is 1. The van der Waals surface area contributed by atoms with Gasteiger partial charge in [0.1, 0.15) is 0 Å². The SMILES string of the molecule is CN=C(NCC1CCN(c2ccccc2)C1)N1CCC(OCC2CCCCO2)CC1.I. The molecule has 174 valence electrons. The summed E-state index contributed by atoms with van der Waals surface area (Å²) in [5.41, 5.74) is 1.34. The number of benzene rings is 1. The van der Waals surface area contributed by atoms with Gasteiger partial charge in [0.25, 0.3) is 0 Å². The Morgan fingerprint density at radius 1 is 1.10 bits per heavy atom. The Morgan fingerprint density at radius 2 is 1.90 bits per heavy atom. The fourth-order valence-corrected chi connectivity index (χ4v) is 4.86. The molecule has 2 unspecified atom stereocenters. The summed E-state index contributed by atoms with van der Waals surface area (Å²) in [5, 5.41) is 3.64. The quantitative estimate of drug-likeness (QED) is 0.337. The number of aliphatic imine (C=N–C) groups is 1. The standard InChI is InChI=1S/C24H38N4O2.HI/c1-25-24(26-17-20-10-13-28(18-20)21-7-3-2-4-8-21)27-14-11-22(12-15-27)30-19-23-9-5-6-16-29-23;/h2-4,7-8,20,22-23H,5-6,9-19H2,1H3,(H,25,26);1H. The Balaban J connectivity index is 0.00000272. The second-order valence-corrected chi connectivity index (χ2v) is 8.87. The van der Waals surface area contributed by atoms with Crippen LogP contribution in [-0.4, -0.2) is 76.1 Å². The predicted octanol–water partition coefficient (Wildman–Crippen LogP) is 3.76. The van der Waals surface area contributed by atoms with Crippen molar-refractivity contribution >= 4 is 35.6 Å². The molecule has 2 atom stereocenters. The first-order chi connectivity index (χ1) is 14.8. The molecule has 3 heterocycles. The third kappa shape index (κ3) is 7.22. The molecule has 0 aromatic heterocycles.